The van der Waals surface area contributed by atoms with Crippen LogP contribution in [0.25, 0.3) is 0 Å². The molecule has 5 heteroatoms. The van der Waals surface area contributed by atoms with Gasteiger partial charge in [-0.2, -0.15) is 0 Å². The largest absolute Gasteiger partial charge is 0.380 e. The van der Waals surface area contributed by atoms with Gasteiger partial charge in [-0.05, 0) is 58.0 Å². The van der Waals surface area contributed by atoms with E-state index in [1.54, 1.807) is 0 Å². The van der Waals surface area contributed by atoms with E-state index in [9.17, 15) is 0 Å². The Morgan fingerprint density at radius 2 is 2.13 bits per heavy atom. The second-order valence-electron chi connectivity index (χ2n) is 7.85. The lowest BCUT2D eigenvalue weighted by molar-refractivity contribution is 0.0786. The molecule has 4 heterocycles. The number of hydrogen-bond acceptors (Lipinski definition) is 5. The van der Waals surface area contributed by atoms with Crippen molar-refractivity contribution in [3.8, 4) is 0 Å². The van der Waals surface area contributed by atoms with Crippen LogP contribution in [-0.4, -0.2) is 60.4 Å². The van der Waals surface area contributed by atoms with E-state index in [2.05, 4.69) is 21.9 Å². The molecule has 128 valence electrons. The van der Waals surface area contributed by atoms with Crippen molar-refractivity contribution >= 4 is 0 Å². The maximum Gasteiger partial charge on any atom is 0.138 e. The summed E-state index contributed by atoms with van der Waals surface area (Å²) in [5.41, 5.74) is 2.85. The molecule has 0 amide bonds. The summed E-state index contributed by atoms with van der Waals surface area (Å²) >= 11 is 0. The number of aryl methyl sites for hydroxylation is 2. The second kappa shape index (κ2) is 6.19. The summed E-state index contributed by atoms with van der Waals surface area (Å²) in [6, 6.07) is 0.673. The van der Waals surface area contributed by atoms with Gasteiger partial charge in [0.05, 0.1) is 12.3 Å². The van der Waals surface area contributed by atoms with Gasteiger partial charge in [0.1, 0.15) is 5.76 Å². The molecule has 5 nitrogen and oxygen atoms in total. The van der Waals surface area contributed by atoms with Crippen LogP contribution >= 0.6 is 0 Å². The van der Waals surface area contributed by atoms with E-state index in [1.807, 2.05) is 6.92 Å². The van der Waals surface area contributed by atoms with Gasteiger partial charge in [0, 0.05) is 37.8 Å². The predicted octanol–water partition coefficient (Wildman–Crippen LogP) is 2.37. The Kier molecular flexibility index (Phi) is 4.20. The molecule has 0 aliphatic carbocycles. The zero-order valence-corrected chi connectivity index (χ0v) is 14.5. The van der Waals surface area contributed by atoms with Gasteiger partial charge < -0.3 is 9.26 Å². The second-order valence-corrected chi connectivity index (χ2v) is 7.85. The third-order valence-corrected chi connectivity index (χ3v) is 6.19. The summed E-state index contributed by atoms with van der Waals surface area (Å²) in [5.74, 6) is 0.985. The molecule has 1 spiro atoms. The lowest BCUT2D eigenvalue weighted by atomic mass is 9.79. The third kappa shape index (κ3) is 3.06. The number of piperidine rings is 1. The van der Waals surface area contributed by atoms with Crippen molar-refractivity contribution in [2.75, 3.05) is 39.4 Å². The van der Waals surface area contributed by atoms with E-state index in [-0.39, 0.29) is 0 Å². The molecule has 1 aromatic heterocycles. The van der Waals surface area contributed by atoms with Crippen LogP contribution in [0.15, 0.2) is 4.52 Å². The highest BCUT2D eigenvalue weighted by atomic mass is 16.5. The normalized spacial score (nSPS) is 33.0. The SMILES string of the molecule is Cc1noc(C)c1CN1CCCC2(CCN(C3CCOC3)C2)C1. The van der Waals surface area contributed by atoms with E-state index >= 15 is 0 Å². The van der Waals surface area contributed by atoms with E-state index < -0.39 is 0 Å². The van der Waals surface area contributed by atoms with Crippen molar-refractivity contribution in [3.63, 3.8) is 0 Å². The Bertz CT molecular complexity index is 533. The standard InChI is InChI=1S/C18H29N3O2/c1-14-17(15(2)23-19-14)10-20-7-3-5-18(12-20)6-8-21(13-18)16-4-9-22-11-16/h16H,3-13H2,1-2H3. The van der Waals surface area contributed by atoms with Crippen LogP contribution in [0.1, 0.15) is 42.7 Å². The summed E-state index contributed by atoms with van der Waals surface area (Å²) in [5, 5.41) is 4.11. The highest BCUT2D eigenvalue weighted by molar-refractivity contribution is 5.20. The minimum atomic E-state index is 0.500. The first-order valence-corrected chi connectivity index (χ1v) is 9.11. The Morgan fingerprint density at radius 1 is 1.22 bits per heavy atom. The average molecular weight is 319 g/mol. The fraction of sp³-hybridized carbons (Fsp3) is 0.833. The summed E-state index contributed by atoms with van der Waals surface area (Å²) < 4.78 is 10.9. The molecule has 23 heavy (non-hydrogen) atoms. The molecule has 0 bridgehead atoms. The van der Waals surface area contributed by atoms with Crippen molar-refractivity contribution in [2.45, 2.75) is 52.1 Å². The zero-order valence-electron chi connectivity index (χ0n) is 14.5. The van der Waals surface area contributed by atoms with Gasteiger partial charge >= 0.3 is 0 Å². The van der Waals surface area contributed by atoms with Crippen LogP contribution in [0.3, 0.4) is 0 Å². The highest BCUT2D eigenvalue weighted by Crippen LogP contribution is 2.40. The van der Waals surface area contributed by atoms with Crippen LogP contribution < -0.4 is 0 Å². The highest BCUT2D eigenvalue weighted by Gasteiger charge is 2.43. The summed E-state index contributed by atoms with van der Waals surface area (Å²) in [7, 11) is 0. The molecule has 0 N–H and O–H groups in total. The van der Waals surface area contributed by atoms with E-state index in [0.717, 1.165) is 31.2 Å². The minimum absolute atomic E-state index is 0.500. The smallest absolute Gasteiger partial charge is 0.138 e. The third-order valence-electron chi connectivity index (χ3n) is 6.19. The molecule has 0 radical (unpaired) electrons. The lowest BCUT2D eigenvalue weighted by Crippen LogP contribution is -2.45. The quantitative estimate of drug-likeness (QED) is 0.855. The zero-order chi connectivity index (χ0) is 15.9. The molecule has 2 atom stereocenters. The molecule has 1 aromatic rings. The van der Waals surface area contributed by atoms with Gasteiger partial charge in [-0.3, -0.25) is 9.80 Å². The Hall–Kier alpha value is -0.910. The van der Waals surface area contributed by atoms with Gasteiger partial charge in [0.2, 0.25) is 0 Å². The maximum absolute atomic E-state index is 5.59. The molecule has 0 saturated carbocycles. The molecular weight excluding hydrogens is 290 g/mol. The lowest BCUT2D eigenvalue weighted by Gasteiger charge is -2.41. The number of aromatic nitrogens is 1. The van der Waals surface area contributed by atoms with Crippen molar-refractivity contribution < 1.29 is 9.26 Å². The van der Waals surface area contributed by atoms with E-state index in [1.165, 1.54) is 57.4 Å². The number of likely N-dealkylation sites (tertiary alicyclic amines) is 2. The molecule has 3 aliphatic rings. The van der Waals surface area contributed by atoms with Gasteiger partial charge in [0.25, 0.3) is 0 Å². The minimum Gasteiger partial charge on any atom is -0.380 e. The van der Waals surface area contributed by atoms with Gasteiger partial charge in [0.15, 0.2) is 0 Å². The van der Waals surface area contributed by atoms with Crippen LogP contribution in [0.5, 0.6) is 0 Å². The molecular formula is C18H29N3O2. The maximum atomic E-state index is 5.59. The topological polar surface area (TPSA) is 41.7 Å². The van der Waals surface area contributed by atoms with Crippen molar-refractivity contribution in [1.82, 2.24) is 15.0 Å². The van der Waals surface area contributed by atoms with Crippen molar-refractivity contribution in [1.29, 1.82) is 0 Å². The summed E-state index contributed by atoms with van der Waals surface area (Å²) in [4.78, 5) is 5.33. The molecule has 2 unspecified atom stereocenters. The first-order chi connectivity index (χ1) is 11.2. The Morgan fingerprint density at radius 3 is 2.87 bits per heavy atom. The predicted molar refractivity (Wildman–Crippen MR) is 88.3 cm³/mol. The number of rotatable bonds is 3. The molecule has 3 saturated heterocycles. The number of hydrogen-bond donors (Lipinski definition) is 0. The van der Waals surface area contributed by atoms with Crippen LogP contribution in [0.4, 0.5) is 0 Å². The Balaban J connectivity index is 1.41. The first kappa shape index (κ1) is 15.6. The van der Waals surface area contributed by atoms with Gasteiger partial charge in [-0.15, -0.1) is 0 Å². The molecule has 3 fully saturated rings. The van der Waals surface area contributed by atoms with Crippen molar-refractivity contribution in [2.24, 2.45) is 5.41 Å². The monoisotopic (exact) mass is 319 g/mol. The van der Waals surface area contributed by atoms with Crippen LogP contribution in [0.2, 0.25) is 0 Å². The molecule has 3 aliphatic heterocycles. The van der Waals surface area contributed by atoms with Crippen LogP contribution in [-0.2, 0) is 11.3 Å². The number of ether oxygens (including phenoxy) is 1. The van der Waals surface area contributed by atoms with E-state index in [0.29, 0.717) is 11.5 Å². The Labute approximate surface area is 138 Å². The summed E-state index contributed by atoms with van der Waals surface area (Å²) in [6.07, 6.45) is 5.27. The van der Waals surface area contributed by atoms with Crippen molar-refractivity contribution in [3.05, 3.63) is 17.0 Å². The molecule has 0 aromatic carbocycles. The number of nitrogens with zero attached hydrogens (tertiary/aromatic N) is 3. The molecule has 4 rings (SSSR count). The fourth-order valence-corrected chi connectivity index (χ4v) is 4.82. The fourth-order valence-electron chi connectivity index (χ4n) is 4.82. The first-order valence-electron chi connectivity index (χ1n) is 9.11. The van der Waals surface area contributed by atoms with Gasteiger partial charge in [-0.25, -0.2) is 0 Å². The van der Waals surface area contributed by atoms with E-state index in [4.69, 9.17) is 9.26 Å². The van der Waals surface area contributed by atoms with Crippen LogP contribution in [0, 0.1) is 19.3 Å². The summed E-state index contributed by atoms with van der Waals surface area (Å²) in [6.45, 7) is 11.9. The van der Waals surface area contributed by atoms with Gasteiger partial charge in [-0.1, -0.05) is 5.16 Å². The average Bonchev–Trinajstić information content (AvgIpc) is 3.25.